The van der Waals surface area contributed by atoms with Gasteiger partial charge in [0.25, 0.3) is 0 Å². The summed E-state index contributed by atoms with van der Waals surface area (Å²) in [4.78, 5) is 13.3. The van der Waals surface area contributed by atoms with Gasteiger partial charge in [-0.25, -0.2) is 4.98 Å². The molecule has 0 aliphatic carbocycles. The van der Waals surface area contributed by atoms with E-state index in [1.54, 1.807) is 17.5 Å². The van der Waals surface area contributed by atoms with Crippen molar-refractivity contribution in [2.45, 2.75) is 6.42 Å². The standard InChI is InChI=1S/C14H21N7S/c1-19-12(3-5-18-19)2-4-16-13(15)20-7-9-21(10-8-20)14-17-6-11-22-14/h3,5-6,11H,2,4,7-10H2,1H3,(H2,15,16). The van der Waals surface area contributed by atoms with Crippen LogP contribution in [0.2, 0.25) is 0 Å². The van der Waals surface area contributed by atoms with Gasteiger partial charge in [-0.15, -0.1) is 11.3 Å². The minimum Gasteiger partial charge on any atom is -0.370 e. The molecule has 0 radical (unpaired) electrons. The van der Waals surface area contributed by atoms with Gasteiger partial charge in [0.2, 0.25) is 0 Å². The average Bonchev–Trinajstić information content (AvgIpc) is 3.20. The van der Waals surface area contributed by atoms with E-state index < -0.39 is 0 Å². The molecule has 2 aromatic rings. The third kappa shape index (κ3) is 3.38. The summed E-state index contributed by atoms with van der Waals surface area (Å²) in [7, 11) is 1.94. The zero-order chi connectivity index (χ0) is 15.4. The number of aliphatic imine (C=N–C) groups is 1. The SMILES string of the molecule is Cn1nccc1CCN=C(N)N1CCN(c2nccs2)CC1. The second kappa shape index (κ2) is 6.78. The second-order valence-corrected chi connectivity index (χ2v) is 6.10. The Labute approximate surface area is 134 Å². The third-order valence-corrected chi connectivity index (χ3v) is 4.69. The van der Waals surface area contributed by atoms with E-state index in [-0.39, 0.29) is 0 Å². The van der Waals surface area contributed by atoms with Crippen LogP contribution in [0.5, 0.6) is 0 Å². The van der Waals surface area contributed by atoms with Gasteiger partial charge < -0.3 is 15.5 Å². The predicted molar refractivity (Wildman–Crippen MR) is 89.3 cm³/mol. The van der Waals surface area contributed by atoms with Crippen LogP contribution in [-0.4, -0.2) is 58.3 Å². The van der Waals surface area contributed by atoms with E-state index in [1.807, 2.05) is 29.4 Å². The molecule has 8 heteroatoms. The molecule has 7 nitrogen and oxygen atoms in total. The van der Waals surface area contributed by atoms with Crippen LogP contribution in [0.1, 0.15) is 5.69 Å². The van der Waals surface area contributed by atoms with Crippen molar-refractivity contribution in [2.24, 2.45) is 17.8 Å². The largest absolute Gasteiger partial charge is 0.370 e. The lowest BCUT2D eigenvalue weighted by molar-refractivity contribution is 0.380. The smallest absolute Gasteiger partial charge is 0.191 e. The number of aromatic nitrogens is 3. The molecule has 2 aromatic heterocycles. The Bertz CT molecular complexity index is 611. The highest BCUT2D eigenvalue weighted by Crippen LogP contribution is 2.18. The molecule has 1 saturated heterocycles. The van der Waals surface area contributed by atoms with Gasteiger partial charge in [-0.3, -0.25) is 9.67 Å². The Morgan fingerprint density at radius 2 is 2.14 bits per heavy atom. The fourth-order valence-electron chi connectivity index (χ4n) is 2.53. The van der Waals surface area contributed by atoms with Gasteiger partial charge in [0.15, 0.2) is 11.1 Å². The van der Waals surface area contributed by atoms with E-state index >= 15 is 0 Å². The first-order valence-corrected chi connectivity index (χ1v) is 8.28. The molecule has 3 heterocycles. The van der Waals surface area contributed by atoms with Crippen molar-refractivity contribution in [3.8, 4) is 0 Å². The number of thiazole rings is 1. The zero-order valence-corrected chi connectivity index (χ0v) is 13.5. The van der Waals surface area contributed by atoms with Crippen LogP contribution < -0.4 is 10.6 Å². The molecule has 2 N–H and O–H groups in total. The van der Waals surface area contributed by atoms with Gasteiger partial charge in [0, 0.05) is 69.7 Å². The number of hydrogen-bond donors (Lipinski definition) is 1. The maximum Gasteiger partial charge on any atom is 0.191 e. The van der Waals surface area contributed by atoms with Crippen molar-refractivity contribution in [3.63, 3.8) is 0 Å². The fourth-order valence-corrected chi connectivity index (χ4v) is 3.23. The number of nitrogens with two attached hydrogens (primary N) is 1. The molecule has 0 aromatic carbocycles. The highest BCUT2D eigenvalue weighted by atomic mass is 32.1. The molecule has 0 saturated carbocycles. The molecule has 1 aliphatic heterocycles. The predicted octanol–water partition coefficient (Wildman–Crippen LogP) is 0.556. The van der Waals surface area contributed by atoms with Crippen LogP contribution in [0.15, 0.2) is 28.8 Å². The minimum atomic E-state index is 0.640. The van der Waals surface area contributed by atoms with E-state index in [4.69, 9.17) is 5.73 Å². The third-order valence-electron chi connectivity index (χ3n) is 3.86. The monoisotopic (exact) mass is 319 g/mol. The number of anilines is 1. The normalized spacial score (nSPS) is 16.3. The fraction of sp³-hybridized carbons (Fsp3) is 0.500. The van der Waals surface area contributed by atoms with E-state index in [0.29, 0.717) is 12.5 Å². The topological polar surface area (TPSA) is 75.6 Å². The van der Waals surface area contributed by atoms with Crippen molar-refractivity contribution in [1.82, 2.24) is 19.7 Å². The zero-order valence-electron chi connectivity index (χ0n) is 12.7. The Kier molecular flexibility index (Phi) is 4.57. The summed E-state index contributed by atoms with van der Waals surface area (Å²) in [6.07, 6.45) is 4.51. The van der Waals surface area contributed by atoms with Gasteiger partial charge in [0.1, 0.15) is 0 Å². The first kappa shape index (κ1) is 14.8. The van der Waals surface area contributed by atoms with Crippen molar-refractivity contribution >= 4 is 22.4 Å². The summed E-state index contributed by atoms with van der Waals surface area (Å²) in [5, 5.41) is 7.25. The molecule has 0 atom stereocenters. The molecule has 1 fully saturated rings. The lowest BCUT2D eigenvalue weighted by Gasteiger charge is -2.35. The first-order valence-electron chi connectivity index (χ1n) is 7.40. The Morgan fingerprint density at radius 1 is 1.32 bits per heavy atom. The van der Waals surface area contributed by atoms with Gasteiger partial charge in [-0.2, -0.15) is 5.10 Å². The summed E-state index contributed by atoms with van der Waals surface area (Å²) in [5.41, 5.74) is 7.28. The van der Waals surface area contributed by atoms with Crippen LogP contribution in [0, 0.1) is 0 Å². The average molecular weight is 319 g/mol. The summed E-state index contributed by atoms with van der Waals surface area (Å²) < 4.78 is 1.87. The van der Waals surface area contributed by atoms with Crippen LogP contribution >= 0.6 is 11.3 Å². The molecular weight excluding hydrogens is 298 g/mol. The lowest BCUT2D eigenvalue weighted by atomic mass is 10.3. The van der Waals surface area contributed by atoms with Crippen molar-refractivity contribution < 1.29 is 0 Å². The number of piperazine rings is 1. The number of rotatable bonds is 4. The number of aryl methyl sites for hydroxylation is 1. The summed E-state index contributed by atoms with van der Waals surface area (Å²) in [6, 6.07) is 2.01. The van der Waals surface area contributed by atoms with Crippen molar-refractivity contribution in [2.75, 3.05) is 37.6 Å². The van der Waals surface area contributed by atoms with Gasteiger partial charge >= 0.3 is 0 Å². The van der Waals surface area contributed by atoms with E-state index in [0.717, 1.165) is 37.7 Å². The summed E-state index contributed by atoms with van der Waals surface area (Å²) in [6.45, 7) is 4.34. The summed E-state index contributed by atoms with van der Waals surface area (Å²) in [5.74, 6) is 0.640. The summed E-state index contributed by atoms with van der Waals surface area (Å²) >= 11 is 1.68. The Balaban J connectivity index is 1.48. The number of nitrogens with zero attached hydrogens (tertiary/aromatic N) is 6. The highest BCUT2D eigenvalue weighted by molar-refractivity contribution is 7.13. The molecular formula is C14H21N7S. The lowest BCUT2D eigenvalue weighted by Crippen LogP contribution is -2.51. The maximum absolute atomic E-state index is 6.11. The first-order chi connectivity index (χ1) is 10.7. The van der Waals surface area contributed by atoms with E-state index in [1.165, 1.54) is 5.69 Å². The van der Waals surface area contributed by atoms with E-state index in [9.17, 15) is 0 Å². The van der Waals surface area contributed by atoms with Crippen LogP contribution in [-0.2, 0) is 13.5 Å². The number of guanidine groups is 1. The Hall–Kier alpha value is -2.09. The molecule has 0 spiro atoms. The maximum atomic E-state index is 6.11. The van der Waals surface area contributed by atoms with Crippen LogP contribution in [0.25, 0.3) is 0 Å². The van der Waals surface area contributed by atoms with Crippen LogP contribution in [0.3, 0.4) is 0 Å². The van der Waals surface area contributed by atoms with Crippen molar-refractivity contribution in [3.05, 3.63) is 29.5 Å². The van der Waals surface area contributed by atoms with Gasteiger partial charge in [-0.05, 0) is 6.07 Å². The Morgan fingerprint density at radius 3 is 2.77 bits per heavy atom. The highest BCUT2D eigenvalue weighted by Gasteiger charge is 2.19. The molecule has 3 rings (SSSR count). The van der Waals surface area contributed by atoms with Gasteiger partial charge in [0.05, 0.1) is 0 Å². The molecule has 0 amide bonds. The second-order valence-electron chi connectivity index (χ2n) is 5.22. The molecule has 1 aliphatic rings. The van der Waals surface area contributed by atoms with E-state index in [2.05, 4.69) is 24.9 Å². The number of hydrogen-bond acceptors (Lipinski definition) is 5. The van der Waals surface area contributed by atoms with Gasteiger partial charge in [-0.1, -0.05) is 0 Å². The quantitative estimate of drug-likeness (QED) is 0.658. The van der Waals surface area contributed by atoms with Crippen LogP contribution in [0.4, 0.5) is 5.13 Å². The molecule has 0 unspecified atom stereocenters. The molecule has 22 heavy (non-hydrogen) atoms. The molecule has 0 bridgehead atoms. The van der Waals surface area contributed by atoms with Crippen molar-refractivity contribution in [1.29, 1.82) is 0 Å². The minimum absolute atomic E-state index is 0.640. The molecule has 118 valence electrons.